The molecule has 6 heteroatoms. The Bertz CT molecular complexity index is 383. The van der Waals surface area contributed by atoms with Crippen LogP contribution in [0.3, 0.4) is 0 Å². The molecular weight excluding hydrogens is 282 g/mol. The van der Waals surface area contributed by atoms with E-state index in [4.69, 9.17) is 4.74 Å². The van der Waals surface area contributed by atoms with Crippen LogP contribution in [0.25, 0.3) is 0 Å². The van der Waals surface area contributed by atoms with Gasteiger partial charge < -0.3 is 20.7 Å². The molecule has 6 nitrogen and oxygen atoms in total. The lowest BCUT2D eigenvalue weighted by Crippen LogP contribution is -2.40. The number of carbonyl (C=O) groups excluding carboxylic acids is 2. The highest BCUT2D eigenvalue weighted by atomic mass is 16.5. The summed E-state index contributed by atoms with van der Waals surface area (Å²) in [6.07, 6.45) is 7.77. The molecule has 0 saturated heterocycles. The second kappa shape index (κ2) is 11.2. The standard InChI is InChI=1S/C16H29N3O3/c1-13-6-4-3-5-7-14(10-13)22-12-16(21)19-11-15(20)18-9-8-17-2/h10,14,17H,3-9,11-12H2,1-2H3,(H,18,20)(H,19,21)/b13-10-. The summed E-state index contributed by atoms with van der Waals surface area (Å²) in [5, 5.41) is 8.20. The molecule has 3 N–H and O–H groups in total. The molecule has 0 aromatic rings. The second-order valence-corrected chi connectivity index (χ2v) is 5.69. The van der Waals surface area contributed by atoms with Gasteiger partial charge in [0.15, 0.2) is 0 Å². The van der Waals surface area contributed by atoms with Gasteiger partial charge in [-0.05, 0) is 33.2 Å². The van der Waals surface area contributed by atoms with Gasteiger partial charge in [0.05, 0.1) is 12.6 Å². The van der Waals surface area contributed by atoms with Gasteiger partial charge in [0.25, 0.3) is 0 Å². The minimum Gasteiger partial charge on any atom is -0.364 e. The van der Waals surface area contributed by atoms with Gasteiger partial charge in [-0.3, -0.25) is 9.59 Å². The summed E-state index contributed by atoms with van der Waals surface area (Å²) in [7, 11) is 1.82. The van der Waals surface area contributed by atoms with Crippen molar-refractivity contribution >= 4 is 11.8 Å². The number of likely N-dealkylation sites (N-methyl/N-ethyl adjacent to an activating group) is 1. The van der Waals surface area contributed by atoms with Crippen molar-refractivity contribution in [2.24, 2.45) is 0 Å². The summed E-state index contributed by atoms with van der Waals surface area (Å²) in [6.45, 7) is 3.35. The zero-order valence-electron chi connectivity index (χ0n) is 13.7. The van der Waals surface area contributed by atoms with Crippen LogP contribution in [-0.2, 0) is 14.3 Å². The summed E-state index contributed by atoms with van der Waals surface area (Å²) >= 11 is 0. The largest absolute Gasteiger partial charge is 0.364 e. The Kier molecular flexibility index (Phi) is 9.50. The molecule has 0 aromatic heterocycles. The Balaban J connectivity index is 2.20. The number of rotatable bonds is 8. The first-order valence-corrected chi connectivity index (χ1v) is 8.08. The number of ether oxygens (including phenoxy) is 1. The fourth-order valence-electron chi connectivity index (χ4n) is 2.34. The normalized spacial score (nSPS) is 21.2. The quantitative estimate of drug-likeness (QED) is 0.456. The van der Waals surface area contributed by atoms with Gasteiger partial charge in [-0.2, -0.15) is 0 Å². The molecular formula is C16H29N3O3. The average molecular weight is 311 g/mol. The van der Waals surface area contributed by atoms with Crippen LogP contribution in [-0.4, -0.2) is 51.2 Å². The van der Waals surface area contributed by atoms with E-state index in [0.717, 1.165) is 19.3 Å². The zero-order chi connectivity index (χ0) is 16.2. The van der Waals surface area contributed by atoms with Crippen molar-refractivity contribution in [2.45, 2.75) is 45.1 Å². The van der Waals surface area contributed by atoms with Crippen LogP contribution in [0.5, 0.6) is 0 Å². The van der Waals surface area contributed by atoms with Crippen molar-refractivity contribution in [1.29, 1.82) is 0 Å². The fourth-order valence-corrected chi connectivity index (χ4v) is 2.34. The Morgan fingerprint density at radius 3 is 2.77 bits per heavy atom. The van der Waals surface area contributed by atoms with Gasteiger partial charge in [-0.15, -0.1) is 0 Å². The first-order valence-electron chi connectivity index (χ1n) is 8.08. The lowest BCUT2D eigenvalue weighted by atomic mass is 9.99. The highest BCUT2D eigenvalue weighted by molar-refractivity contribution is 5.85. The summed E-state index contributed by atoms with van der Waals surface area (Å²) in [5.41, 5.74) is 1.33. The number of allylic oxidation sites excluding steroid dienone is 1. The van der Waals surface area contributed by atoms with E-state index in [1.807, 2.05) is 7.05 Å². The maximum absolute atomic E-state index is 11.7. The highest BCUT2D eigenvalue weighted by Crippen LogP contribution is 2.18. The molecule has 1 atom stereocenters. The van der Waals surface area contributed by atoms with E-state index in [1.165, 1.54) is 18.4 Å². The molecule has 126 valence electrons. The SMILES string of the molecule is CNCCNC(=O)CNC(=O)COC1/C=C(/C)CCCCC1. The van der Waals surface area contributed by atoms with Gasteiger partial charge in [-0.1, -0.05) is 24.5 Å². The zero-order valence-corrected chi connectivity index (χ0v) is 13.7. The predicted molar refractivity (Wildman–Crippen MR) is 86.5 cm³/mol. The van der Waals surface area contributed by atoms with Gasteiger partial charge in [-0.25, -0.2) is 0 Å². The van der Waals surface area contributed by atoms with Crippen LogP contribution in [0, 0.1) is 0 Å². The monoisotopic (exact) mass is 311 g/mol. The molecule has 0 heterocycles. The van der Waals surface area contributed by atoms with Crippen LogP contribution < -0.4 is 16.0 Å². The van der Waals surface area contributed by atoms with Gasteiger partial charge in [0.1, 0.15) is 6.61 Å². The van der Waals surface area contributed by atoms with Gasteiger partial charge in [0.2, 0.25) is 11.8 Å². The van der Waals surface area contributed by atoms with Crippen LogP contribution in [0.2, 0.25) is 0 Å². The molecule has 0 radical (unpaired) electrons. The van der Waals surface area contributed by atoms with Crippen molar-refractivity contribution in [2.75, 3.05) is 33.3 Å². The third-order valence-corrected chi connectivity index (χ3v) is 3.60. The van der Waals surface area contributed by atoms with E-state index in [9.17, 15) is 9.59 Å². The molecule has 0 saturated carbocycles. The van der Waals surface area contributed by atoms with Gasteiger partial charge in [0, 0.05) is 13.1 Å². The number of hydrogen-bond donors (Lipinski definition) is 3. The third kappa shape index (κ3) is 8.79. The molecule has 0 fully saturated rings. The van der Waals surface area contributed by atoms with E-state index >= 15 is 0 Å². The maximum Gasteiger partial charge on any atom is 0.246 e. The summed E-state index contributed by atoms with van der Waals surface area (Å²) in [5.74, 6) is -0.442. The van der Waals surface area contributed by atoms with Crippen molar-refractivity contribution in [3.05, 3.63) is 11.6 Å². The number of nitrogens with one attached hydrogen (secondary N) is 3. The number of hydrogen-bond acceptors (Lipinski definition) is 4. The number of amides is 2. The van der Waals surface area contributed by atoms with Crippen molar-refractivity contribution in [3.63, 3.8) is 0 Å². The molecule has 1 aliphatic rings. The minimum atomic E-state index is -0.253. The third-order valence-electron chi connectivity index (χ3n) is 3.60. The first-order chi connectivity index (χ1) is 10.6. The molecule has 0 spiro atoms. The van der Waals surface area contributed by atoms with Crippen LogP contribution in [0.15, 0.2) is 11.6 Å². The predicted octanol–water partition coefficient (Wildman–Crippen LogP) is 0.734. The molecule has 1 rings (SSSR count). The van der Waals surface area contributed by atoms with Crippen molar-refractivity contribution < 1.29 is 14.3 Å². The topological polar surface area (TPSA) is 79.5 Å². The molecule has 1 unspecified atom stereocenters. The summed E-state index contributed by atoms with van der Waals surface area (Å²) < 4.78 is 5.65. The Hall–Kier alpha value is -1.40. The van der Waals surface area contributed by atoms with Crippen LogP contribution in [0.4, 0.5) is 0 Å². The highest BCUT2D eigenvalue weighted by Gasteiger charge is 2.12. The molecule has 1 aliphatic carbocycles. The summed E-state index contributed by atoms with van der Waals surface area (Å²) in [6, 6.07) is 0. The molecule has 0 bridgehead atoms. The lowest BCUT2D eigenvalue weighted by molar-refractivity contribution is -0.129. The molecule has 22 heavy (non-hydrogen) atoms. The van der Waals surface area contributed by atoms with Crippen LogP contribution >= 0.6 is 0 Å². The van der Waals surface area contributed by atoms with E-state index in [0.29, 0.717) is 13.1 Å². The van der Waals surface area contributed by atoms with Crippen molar-refractivity contribution in [3.8, 4) is 0 Å². The van der Waals surface area contributed by atoms with Crippen molar-refractivity contribution in [1.82, 2.24) is 16.0 Å². The Morgan fingerprint density at radius 2 is 2.00 bits per heavy atom. The average Bonchev–Trinajstić information content (AvgIpc) is 2.47. The fraction of sp³-hybridized carbons (Fsp3) is 0.750. The number of carbonyl (C=O) groups is 2. The second-order valence-electron chi connectivity index (χ2n) is 5.69. The van der Waals surface area contributed by atoms with Crippen LogP contribution in [0.1, 0.15) is 39.0 Å². The molecule has 0 aromatic carbocycles. The van der Waals surface area contributed by atoms with E-state index in [2.05, 4.69) is 29.0 Å². The molecule has 0 aliphatic heterocycles. The minimum absolute atomic E-state index is 0.00174. The Labute approximate surface area is 133 Å². The van der Waals surface area contributed by atoms with E-state index < -0.39 is 0 Å². The van der Waals surface area contributed by atoms with E-state index in [-0.39, 0.29) is 31.1 Å². The molecule has 2 amide bonds. The maximum atomic E-state index is 11.7. The smallest absolute Gasteiger partial charge is 0.246 e. The summed E-state index contributed by atoms with van der Waals surface area (Å²) in [4.78, 5) is 23.2. The first kappa shape index (κ1) is 18.6. The lowest BCUT2D eigenvalue weighted by Gasteiger charge is -2.18. The van der Waals surface area contributed by atoms with E-state index in [1.54, 1.807) is 0 Å². The van der Waals surface area contributed by atoms with Gasteiger partial charge >= 0.3 is 0 Å². The Morgan fingerprint density at radius 1 is 1.18 bits per heavy atom.